The van der Waals surface area contributed by atoms with Crippen molar-refractivity contribution < 1.29 is 0 Å². The van der Waals surface area contributed by atoms with E-state index in [9.17, 15) is 0 Å². The molecule has 0 saturated heterocycles. The Bertz CT molecular complexity index is 421. The summed E-state index contributed by atoms with van der Waals surface area (Å²) in [5.41, 5.74) is 2.61. The van der Waals surface area contributed by atoms with E-state index in [1.165, 1.54) is 43.2 Å². The highest BCUT2D eigenvalue weighted by molar-refractivity contribution is 7.80. The van der Waals surface area contributed by atoms with Gasteiger partial charge in [-0.25, -0.2) is 0 Å². The van der Waals surface area contributed by atoms with Gasteiger partial charge in [0.2, 0.25) is 0 Å². The second-order valence-electron chi connectivity index (χ2n) is 5.82. The Labute approximate surface area is 128 Å². The van der Waals surface area contributed by atoms with Crippen molar-refractivity contribution in [3.05, 3.63) is 35.4 Å². The minimum Gasteiger partial charge on any atom is -0.360 e. The van der Waals surface area contributed by atoms with E-state index >= 15 is 0 Å². The summed E-state index contributed by atoms with van der Waals surface area (Å²) in [6.07, 6.45) is 7.58. The van der Waals surface area contributed by atoms with E-state index in [-0.39, 0.29) is 0 Å². The molecular weight excluding hydrogens is 264 g/mol. The Balaban J connectivity index is 1.88. The molecule has 2 nitrogen and oxygen atoms in total. The number of aryl methyl sites for hydroxylation is 1. The molecule has 20 heavy (non-hydrogen) atoms. The maximum Gasteiger partial charge on any atom is 0.166 e. The van der Waals surface area contributed by atoms with Crippen LogP contribution < -0.4 is 10.6 Å². The highest BCUT2D eigenvalue weighted by atomic mass is 32.1. The first-order valence-electron chi connectivity index (χ1n) is 7.82. The Morgan fingerprint density at radius 2 is 1.85 bits per heavy atom. The molecule has 1 aromatic carbocycles. The third kappa shape index (κ3) is 4.48. The summed E-state index contributed by atoms with van der Waals surface area (Å²) in [5, 5.41) is 7.76. The van der Waals surface area contributed by atoms with Crippen LogP contribution in [0.15, 0.2) is 24.3 Å². The molecule has 0 bridgehead atoms. The third-order valence-electron chi connectivity index (χ3n) is 4.13. The van der Waals surface area contributed by atoms with Crippen LogP contribution in [0.25, 0.3) is 0 Å². The number of hydrogen-bond donors (Lipinski definition) is 2. The maximum atomic E-state index is 5.48. The smallest absolute Gasteiger partial charge is 0.166 e. The average Bonchev–Trinajstić information content (AvgIpc) is 2.47. The van der Waals surface area contributed by atoms with Gasteiger partial charge in [0.15, 0.2) is 5.11 Å². The largest absolute Gasteiger partial charge is 0.360 e. The predicted molar refractivity (Wildman–Crippen MR) is 90.0 cm³/mol. The topological polar surface area (TPSA) is 24.1 Å². The lowest BCUT2D eigenvalue weighted by molar-refractivity contribution is 0.410. The van der Waals surface area contributed by atoms with Gasteiger partial charge in [0.1, 0.15) is 0 Å². The summed E-state index contributed by atoms with van der Waals surface area (Å²) in [5.74, 6) is 0. The second-order valence-corrected chi connectivity index (χ2v) is 6.23. The van der Waals surface area contributed by atoms with Gasteiger partial charge in [0, 0.05) is 6.04 Å². The Hall–Kier alpha value is -1.09. The van der Waals surface area contributed by atoms with Crippen LogP contribution in [0.5, 0.6) is 0 Å². The Morgan fingerprint density at radius 1 is 1.20 bits per heavy atom. The molecule has 0 aliphatic heterocycles. The molecule has 1 atom stereocenters. The molecule has 1 fully saturated rings. The third-order valence-corrected chi connectivity index (χ3v) is 4.37. The van der Waals surface area contributed by atoms with E-state index < -0.39 is 0 Å². The Kier molecular flexibility index (Phi) is 5.84. The van der Waals surface area contributed by atoms with Crippen molar-refractivity contribution >= 4 is 17.3 Å². The van der Waals surface area contributed by atoms with Gasteiger partial charge in [0.05, 0.1) is 6.04 Å². The SMILES string of the molecule is CC[C@H](NC(=S)NC1CCCCC1)c1ccc(C)cc1. The van der Waals surface area contributed by atoms with Crippen LogP contribution in [0.2, 0.25) is 0 Å². The zero-order chi connectivity index (χ0) is 14.4. The monoisotopic (exact) mass is 290 g/mol. The number of nitrogens with one attached hydrogen (secondary N) is 2. The van der Waals surface area contributed by atoms with Crippen molar-refractivity contribution in [1.29, 1.82) is 0 Å². The van der Waals surface area contributed by atoms with E-state index in [1.54, 1.807) is 0 Å². The van der Waals surface area contributed by atoms with Gasteiger partial charge < -0.3 is 10.6 Å². The van der Waals surface area contributed by atoms with E-state index in [2.05, 4.69) is 48.7 Å². The quantitative estimate of drug-likeness (QED) is 0.811. The van der Waals surface area contributed by atoms with Crippen molar-refractivity contribution in [2.75, 3.05) is 0 Å². The number of thiocarbonyl (C=S) groups is 1. The van der Waals surface area contributed by atoms with Gasteiger partial charge in [-0.15, -0.1) is 0 Å². The number of rotatable bonds is 4. The zero-order valence-corrected chi connectivity index (χ0v) is 13.4. The molecule has 0 spiro atoms. The van der Waals surface area contributed by atoms with E-state index in [4.69, 9.17) is 12.2 Å². The second kappa shape index (κ2) is 7.63. The molecule has 0 unspecified atom stereocenters. The fraction of sp³-hybridized carbons (Fsp3) is 0.588. The van der Waals surface area contributed by atoms with Gasteiger partial charge in [-0.1, -0.05) is 56.0 Å². The van der Waals surface area contributed by atoms with Crippen LogP contribution in [-0.4, -0.2) is 11.2 Å². The standard InChI is InChI=1S/C17H26N2S/c1-3-16(14-11-9-13(2)10-12-14)19-17(20)18-15-7-5-4-6-8-15/h9-12,15-16H,3-8H2,1-2H3,(H2,18,19,20)/t16-/m0/s1. The summed E-state index contributed by atoms with van der Waals surface area (Å²) in [6.45, 7) is 4.31. The number of hydrogen-bond acceptors (Lipinski definition) is 1. The molecule has 3 heteroatoms. The minimum absolute atomic E-state index is 0.305. The molecule has 1 saturated carbocycles. The van der Waals surface area contributed by atoms with Crippen LogP contribution in [0.1, 0.15) is 62.6 Å². The van der Waals surface area contributed by atoms with E-state index in [0.29, 0.717) is 12.1 Å². The fourth-order valence-electron chi connectivity index (χ4n) is 2.85. The summed E-state index contributed by atoms with van der Waals surface area (Å²) in [6, 6.07) is 9.59. The van der Waals surface area contributed by atoms with Crippen molar-refractivity contribution in [1.82, 2.24) is 10.6 Å². The highest BCUT2D eigenvalue weighted by Gasteiger charge is 2.16. The van der Waals surface area contributed by atoms with Gasteiger partial charge in [0.25, 0.3) is 0 Å². The van der Waals surface area contributed by atoms with Crippen molar-refractivity contribution in [3.8, 4) is 0 Å². The summed E-state index contributed by atoms with van der Waals surface area (Å²) < 4.78 is 0. The van der Waals surface area contributed by atoms with E-state index in [0.717, 1.165) is 11.5 Å². The van der Waals surface area contributed by atoms with Crippen LogP contribution in [-0.2, 0) is 0 Å². The molecule has 0 amide bonds. The Morgan fingerprint density at radius 3 is 2.45 bits per heavy atom. The highest BCUT2D eigenvalue weighted by Crippen LogP contribution is 2.19. The summed E-state index contributed by atoms with van der Waals surface area (Å²) >= 11 is 5.48. The lowest BCUT2D eigenvalue weighted by Gasteiger charge is -2.27. The summed E-state index contributed by atoms with van der Waals surface area (Å²) in [7, 11) is 0. The lowest BCUT2D eigenvalue weighted by Crippen LogP contribution is -2.43. The van der Waals surface area contributed by atoms with Crippen LogP contribution in [0.4, 0.5) is 0 Å². The van der Waals surface area contributed by atoms with E-state index in [1.807, 2.05) is 0 Å². The molecule has 110 valence electrons. The molecule has 1 aromatic rings. The van der Waals surface area contributed by atoms with Gasteiger partial charge in [-0.2, -0.15) is 0 Å². The molecule has 1 aliphatic carbocycles. The fourth-order valence-corrected chi connectivity index (χ4v) is 3.16. The molecule has 0 aromatic heterocycles. The average molecular weight is 290 g/mol. The first kappa shape index (κ1) is 15.3. The van der Waals surface area contributed by atoms with Gasteiger partial charge >= 0.3 is 0 Å². The van der Waals surface area contributed by atoms with Crippen LogP contribution in [0.3, 0.4) is 0 Å². The van der Waals surface area contributed by atoms with Crippen LogP contribution >= 0.6 is 12.2 Å². The number of benzene rings is 1. The van der Waals surface area contributed by atoms with Crippen molar-refractivity contribution in [2.24, 2.45) is 0 Å². The zero-order valence-electron chi connectivity index (χ0n) is 12.6. The molecule has 0 radical (unpaired) electrons. The van der Waals surface area contributed by atoms with Gasteiger partial charge in [-0.05, 0) is 44.0 Å². The van der Waals surface area contributed by atoms with Gasteiger partial charge in [-0.3, -0.25) is 0 Å². The first-order valence-corrected chi connectivity index (χ1v) is 8.23. The van der Waals surface area contributed by atoms with Crippen LogP contribution in [0, 0.1) is 6.92 Å². The predicted octanol–water partition coefficient (Wildman–Crippen LogP) is 4.24. The molecule has 1 aliphatic rings. The lowest BCUT2D eigenvalue weighted by atomic mass is 9.96. The molecule has 0 heterocycles. The maximum absolute atomic E-state index is 5.48. The molecule has 2 rings (SSSR count). The molecular formula is C17H26N2S. The molecule has 2 N–H and O–H groups in total. The van der Waals surface area contributed by atoms with Crippen molar-refractivity contribution in [3.63, 3.8) is 0 Å². The summed E-state index contributed by atoms with van der Waals surface area (Å²) in [4.78, 5) is 0. The first-order chi connectivity index (χ1) is 9.69. The normalized spacial score (nSPS) is 17.5. The van der Waals surface area contributed by atoms with Crippen molar-refractivity contribution in [2.45, 2.75) is 64.5 Å². The minimum atomic E-state index is 0.305.